The molecule has 0 atom stereocenters. The molecule has 2 rings (SSSR count). The lowest BCUT2D eigenvalue weighted by atomic mass is 9.93. The molecule has 0 aromatic carbocycles. The zero-order valence-corrected chi connectivity index (χ0v) is 10.9. The van der Waals surface area contributed by atoms with Crippen LogP contribution in [0.4, 0.5) is 0 Å². The number of likely N-dealkylation sites (tertiary alicyclic amines) is 2. The Morgan fingerprint density at radius 1 is 1.06 bits per heavy atom. The molecule has 16 heavy (non-hydrogen) atoms. The highest BCUT2D eigenvalue weighted by Crippen LogP contribution is 2.28. The molecule has 2 aliphatic heterocycles. The number of nitrogens with zero attached hydrogens (tertiary/aromatic N) is 2. The fraction of sp³-hybridized carbons (Fsp3) is 1.00. The van der Waals surface area contributed by atoms with Crippen LogP contribution in [0.25, 0.3) is 0 Å². The molecule has 0 radical (unpaired) electrons. The highest BCUT2D eigenvalue weighted by molar-refractivity contribution is 4.83. The molecule has 0 aliphatic carbocycles. The van der Waals surface area contributed by atoms with Gasteiger partial charge in [0.05, 0.1) is 0 Å². The molecule has 2 fully saturated rings. The Balaban J connectivity index is 1.65. The van der Waals surface area contributed by atoms with Crippen LogP contribution in [-0.2, 0) is 0 Å². The summed E-state index contributed by atoms with van der Waals surface area (Å²) in [4.78, 5) is 5.20. The van der Waals surface area contributed by atoms with Gasteiger partial charge in [0.1, 0.15) is 0 Å². The molecule has 2 N–H and O–H groups in total. The van der Waals surface area contributed by atoms with Gasteiger partial charge in [-0.2, -0.15) is 0 Å². The standard InChI is InChI=1S/C13H27N3/c1-13(2)5-8-16(11-13)10-9-15-6-3-12(14)4-7-15/h12H,3-11,14H2,1-2H3. The summed E-state index contributed by atoms with van der Waals surface area (Å²) in [6.07, 6.45) is 3.73. The van der Waals surface area contributed by atoms with Crippen LogP contribution in [0, 0.1) is 5.41 Å². The Labute approximate surface area is 100.0 Å². The molecule has 0 spiro atoms. The van der Waals surface area contributed by atoms with Crippen LogP contribution >= 0.6 is 0 Å². The summed E-state index contributed by atoms with van der Waals surface area (Å²) in [5.74, 6) is 0. The van der Waals surface area contributed by atoms with Gasteiger partial charge >= 0.3 is 0 Å². The number of hydrogen-bond donors (Lipinski definition) is 1. The van der Waals surface area contributed by atoms with Crippen LogP contribution in [0.15, 0.2) is 0 Å². The molecule has 2 heterocycles. The first-order chi connectivity index (χ1) is 7.55. The first kappa shape index (κ1) is 12.3. The highest BCUT2D eigenvalue weighted by Gasteiger charge is 2.29. The van der Waals surface area contributed by atoms with Gasteiger partial charge < -0.3 is 15.5 Å². The van der Waals surface area contributed by atoms with Gasteiger partial charge in [-0.25, -0.2) is 0 Å². The summed E-state index contributed by atoms with van der Waals surface area (Å²) in [7, 11) is 0. The second kappa shape index (κ2) is 5.03. The summed E-state index contributed by atoms with van der Waals surface area (Å²) in [5.41, 5.74) is 6.46. The maximum absolute atomic E-state index is 5.91. The van der Waals surface area contributed by atoms with Gasteiger partial charge in [0.15, 0.2) is 0 Å². The summed E-state index contributed by atoms with van der Waals surface area (Å²) >= 11 is 0. The van der Waals surface area contributed by atoms with E-state index in [1.54, 1.807) is 0 Å². The Bertz CT molecular complexity index is 219. The molecular formula is C13H27N3. The van der Waals surface area contributed by atoms with Crippen molar-refractivity contribution in [1.29, 1.82) is 0 Å². The van der Waals surface area contributed by atoms with E-state index in [1.165, 1.54) is 58.5 Å². The average Bonchev–Trinajstić information content (AvgIpc) is 2.58. The number of piperidine rings is 1. The first-order valence-electron chi connectivity index (χ1n) is 6.75. The third kappa shape index (κ3) is 3.44. The van der Waals surface area contributed by atoms with Crippen LogP contribution in [-0.4, -0.2) is 55.1 Å². The highest BCUT2D eigenvalue weighted by atomic mass is 15.2. The van der Waals surface area contributed by atoms with Crippen molar-refractivity contribution in [3.8, 4) is 0 Å². The molecule has 2 saturated heterocycles. The lowest BCUT2D eigenvalue weighted by molar-refractivity contribution is 0.180. The fourth-order valence-corrected chi connectivity index (χ4v) is 2.87. The normalized spacial score (nSPS) is 28.7. The van der Waals surface area contributed by atoms with Crippen LogP contribution in [0.1, 0.15) is 33.1 Å². The molecule has 0 amide bonds. The largest absolute Gasteiger partial charge is 0.328 e. The van der Waals surface area contributed by atoms with Crippen molar-refractivity contribution in [3.63, 3.8) is 0 Å². The van der Waals surface area contributed by atoms with E-state index in [4.69, 9.17) is 5.73 Å². The van der Waals surface area contributed by atoms with Crippen LogP contribution < -0.4 is 5.73 Å². The van der Waals surface area contributed by atoms with Crippen molar-refractivity contribution in [3.05, 3.63) is 0 Å². The van der Waals surface area contributed by atoms with Gasteiger partial charge in [-0.3, -0.25) is 0 Å². The van der Waals surface area contributed by atoms with Gasteiger partial charge in [0, 0.05) is 25.7 Å². The summed E-state index contributed by atoms with van der Waals surface area (Å²) < 4.78 is 0. The molecule has 3 nitrogen and oxygen atoms in total. The maximum Gasteiger partial charge on any atom is 0.0110 e. The zero-order valence-electron chi connectivity index (χ0n) is 10.9. The van der Waals surface area contributed by atoms with Crippen molar-refractivity contribution < 1.29 is 0 Å². The lowest BCUT2D eigenvalue weighted by Gasteiger charge is -2.31. The summed E-state index contributed by atoms with van der Waals surface area (Å²) in [5, 5.41) is 0. The van der Waals surface area contributed by atoms with E-state index in [0.29, 0.717) is 11.5 Å². The zero-order chi connectivity index (χ0) is 11.6. The minimum absolute atomic E-state index is 0.460. The molecule has 3 heteroatoms. The van der Waals surface area contributed by atoms with E-state index in [9.17, 15) is 0 Å². The molecular weight excluding hydrogens is 198 g/mol. The molecule has 0 bridgehead atoms. The minimum Gasteiger partial charge on any atom is -0.328 e. The SMILES string of the molecule is CC1(C)CCN(CCN2CCC(N)CC2)C1. The van der Waals surface area contributed by atoms with Crippen LogP contribution in [0.5, 0.6) is 0 Å². The number of hydrogen-bond acceptors (Lipinski definition) is 3. The fourth-order valence-electron chi connectivity index (χ4n) is 2.87. The minimum atomic E-state index is 0.460. The van der Waals surface area contributed by atoms with Crippen molar-refractivity contribution in [1.82, 2.24) is 9.80 Å². The Morgan fingerprint density at radius 3 is 2.25 bits per heavy atom. The first-order valence-corrected chi connectivity index (χ1v) is 6.75. The topological polar surface area (TPSA) is 32.5 Å². The third-order valence-electron chi connectivity index (χ3n) is 4.12. The van der Waals surface area contributed by atoms with Crippen molar-refractivity contribution in [2.24, 2.45) is 11.1 Å². The molecule has 94 valence electrons. The van der Waals surface area contributed by atoms with E-state index >= 15 is 0 Å². The monoisotopic (exact) mass is 225 g/mol. The third-order valence-corrected chi connectivity index (χ3v) is 4.12. The summed E-state index contributed by atoms with van der Waals surface area (Å²) in [6, 6.07) is 0.460. The van der Waals surface area contributed by atoms with E-state index < -0.39 is 0 Å². The van der Waals surface area contributed by atoms with Gasteiger partial charge in [0.25, 0.3) is 0 Å². The average molecular weight is 225 g/mol. The van der Waals surface area contributed by atoms with E-state index in [-0.39, 0.29) is 0 Å². The molecule has 0 unspecified atom stereocenters. The quantitative estimate of drug-likeness (QED) is 0.782. The molecule has 0 saturated carbocycles. The van der Waals surface area contributed by atoms with Crippen LogP contribution in [0.2, 0.25) is 0 Å². The number of nitrogens with two attached hydrogens (primary N) is 1. The van der Waals surface area contributed by atoms with E-state index in [2.05, 4.69) is 23.6 Å². The molecule has 0 aromatic rings. The van der Waals surface area contributed by atoms with Gasteiger partial charge in [-0.1, -0.05) is 13.8 Å². The lowest BCUT2D eigenvalue weighted by Crippen LogP contribution is -2.43. The van der Waals surface area contributed by atoms with Crippen LogP contribution in [0.3, 0.4) is 0 Å². The number of rotatable bonds is 3. The Hall–Kier alpha value is -0.120. The van der Waals surface area contributed by atoms with Gasteiger partial charge in [0.2, 0.25) is 0 Å². The van der Waals surface area contributed by atoms with Gasteiger partial charge in [-0.05, 0) is 44.3 Å². The Kier molecular flexibility index (Phi) is 3.88. The summed E-state index contributed by atoms with van der Waals surface area (Å²) in [6.45, 7) is 12.2. The maximum atomic E-state index is 5.91. The second-order valence-corrected chi connectivity index (χ2v) is 6.37. The van der Waals surface area contributed by atoms with Crippen molar-refractivity contribution in [2.45, 2.75) is 39.2 Å². The van der Waals surface area contributed by atoms with Gasteiger partial charge in [-0.15, -0.1) is 0 Å². The second-order valence-electron chi connectivity index (χ2n) is 6.37. The van der Waals surface area contributed by atoms with E-state index in [0.717, 1.165) is 0 Å². The van der Waals surface area contributed by atoms with E-state index in [1.807, 2.05) is 0 Å². The predicted molar refractivity (Wildman–Crippen MR) is 68.5 cm³/mol. The van der Waals surface area contributed by atoms with Crippen molar-refractivity contribution >= 4 is 0 Å². The Morgan fingerprint density at radius 2 is 1.69 bits per heavy atom. The smallest absolute Gasteiger partial charge is 0.0110 e. The predicted octanol–water partition coefficient (Wildman–Crippen LogP) is 1.14. The van der Waals surface area contributed by atoms with Crippen molar-refractivity contribution in [2.75, 3.05) is 39.3 Å². The molecule has 0 aromatic heterocycles. The molecule has 2 aliphatic rings.